The van der Waals surface area contributed by atoms with Gasteiger partial charge in [0.15, 0.2) is 11.2 Å². The number of rotatable bonds is 8. The van der Waals surface area contributed by atoms with E-state index < -0.39 is 0 Å². The molecule has 2 aliphatic carbocycles. The van der Waals surface area contributed by atoms with Crippen LogP contribution in [-0.2, 0) is 10.8 Å². The van der Waals surface area contributed by atoms with Crippen LogP contribution in [0.3, 0.4) is 0 Å². The number of hydrogen-bond donors (Lipinski definition) is 0. The summed E-state index contributed by atoms with van der Waals surface area (Å²) in [5.41, 5.74) is 19.5. The number of anilines is 5. The lowest BCUT2D eigenvalue weighted by atomic mass is 9.79. The highest BCUT2D eigenvalue weighted by Crippen LogP contribution is 2.61. The number of allylic oxidation sites excluding steroid dienone is 4. The number of para-hydroxylation sites is 5. The molecule has 350 valence electrons. The van der Waals surface area contributed by atoms with Gasteiger partial charge >= 0.3 is 0 Å². The minimum absolute atomic E-state index is 0.340. The van der Waals surface area contributed by atoms with Gasteiger partial charge in [-0.15, -0.1) is 0 Å². The Morgan fingerprint density at radius 1 is 0.438 bits per heavy atom. The molecule has 0 fully saturated rings. The average Bonchev–Trinajstić information content (AvgIpc) is 4.12. The van der Waals surface area contributed by atoms with Crippen molar-refractivity contribution in [3.05, 3.63) is 247 Å². The quantitative estimate of drug-likeness (QED) is 0.142. The molecular weight excluding hydrogens is 889 g/mol. The van der Waals surface area contributed by atoms with Crippen LogP contribution in [0.25, 0.3) is 87.7 Å². The predicted molar refractivity (Wildman–Crippen MR) is 307 cm³/mol. The van der Waals surface area contributed by atoms with Crippen molar-refractivity contribution < 1.29 is 8.83 Å². The van der Waals surface area contributed by atoms with E-state index in [1.165, 1.54) is 60.7 Å². The number of hydrogen-bond acceptors (Lipinski definition) is 4. The largest absolute Gasteiger partial charge is 0.454 e. The Labute approximate surface area is 425 Å². The van der Waals surface area contributed by atoms with Crippen LogP contribution in [0.15, 0.2) is 233 Å². The molecular formula is C69H52N2O2. The molecule has 0 N–H and O–H groups in total. The van der Waals surface area contributed by atoms with E-state index in [9.17, 15) is 0 Å². The van der Waals surface area contributed by atoms with Crippen LogP contribution in [0.5, 0.6) is 0 Å². The van der Waals surface area contributed by atoms with E-state index in [1.807, 2.05) is 18.2 Å². The molecule has 4 heteroatoms. The van der Waals surface area contributed by atoms with Crippen molar-refractivity contribution in [1.82, 2.24) is 0 Å². The van der Waals surface area contributed by atoms with Crippen LogP contribution in [0.4, 0.5) is 28.4 Å². The second kappa shape index (κ2) is 15.8. The highest BCUT2D eigenvalue weighted by Gasteiger charge is 2.44. The Hall–Kier alpha value is -8.86. The molecule has 0 bridgehead atoms. The van der Waals surface area contributed by atoms with Gasteiger partial charge < -0.3 is 18.6 Å². The summed E-state index contributed by atoms with van der Waals surface area (Å²) in [4.78, 5) is 4.77. The van der Waals surface area contributed by atoms with Gasteiger partial charge in [0.25, 0.3) is 0 Å². The maximum absolute atomic E-state index is 6.77. The minimum Gasteiger partial charge on any atom is -0.454 e. The lowest BCUT2D eigenvalue weighted by Gasteiger charge is -2.30. The summed E-state index contributed by atoms with van der Waals surface area (Å²) in [6.07, 6.45) is 8.26. The standard InChI is InChI=1S/C69H52N2O2/c1-7-9-23-42(8-2)70(58-34-21-32-50-46-28-17-19-36-62(46)72-66(50)58)60-40-56-64(48-30-15-13-26-44(48)60)52-38-55-53(39-54(52)68(56,3)4)65-49-31-16-14-27-45(49)61(41-57(65)69(55,5)6)71(43-24-11-10-12-25-43)59-35-22-33-51-47-29-18-20-37-63(47)73-67(51)59/h7-41H,2H2,1,3-6H3/b9-7-,42-23+. The summed E-state index contributed by atoms with van der Waals surface area (Å²) >= 11 is 0. The molecule has 2 heterocycles. The van der Waals surface area contributed by atoms with Gasteiger partial charge in [0.2, 0.25) is 0 Å². The maximum atomic E-state index is 6.77. The Morgan fingerprint density at radius 3 is 1.44 bits per heavy atom. The number of furan rings is 2. The Morgan fingerprint density at radius 2 is 0.890 bits per heavy atom. The summed E-state index contributed by atoms with van der Waals surface area (Å²) in [6, 6.07) is 68.5. The zero-order valence-electron chi connectivity index (χ0n) is 41.6. The maximum Gasteiger partial charge on any atom is 0.159 e. The molecule has 12 aromatic rings. The molecule has 14 rings (SSSR count). The summed E-state index contributed by atoms with van der Waals surface area (Å²) in [6.45, 7) is 16.1. The van der Waals surface area contributed by atoms with E-state index in [-0.39, 0.29) is 10.8 Å². The second-order valence-electron chi connectivity index (χ2n) is 20.8. The molecule has 0 amide bonds. The zero-order valence-corrected chi connectivity index (χ0v) is 41.6. The number of fused-ring (bicyclic) bond motifs is 16. The van der Waals surface area contributed by atoms with Gasteiger partial charge in [0, 0.05) is 54.5 Å². The van der Waals surface area contributed by atoms with Crippen molar-refractivity contribution in [2.24, 2.45) is 0 Å². The van der Waals surface area contributed by atoms with Gasteiger partial charge in [-0.1, -0.05) is 174 Å². The third kappa shape index (κ3) is 6.07. The molecule has 2 aliphatic rings. The molecule has 4 nitrogen and oxygen atoms in total. The molecule has 2 aromatic heterocycles. The average molecular weight is 941 g/mol. The Balaban J connectivity index is 0.985. The zero-order chi connectivity index (χ0) is 49.3. The third-order valence-electron chi connectivity index (χ3n) is 16.1. The Bertz CT molecular complexity index is 4370. The molecule has 73 heavy (non-hydrogen) atoms. The summed E-state index contributed by atoms with van der Waals surface area (Å²) in [5.74, 6) is 0. The van der Waals surface area contributed by atoms with E-state index in [0.29, 0.717) is 0 Å². The molecule has 10 aromatic carbocycles. The van der Waals surface area contributed by atoms with Gasteiger partial charge in [-0.2, -0.15) is 0 Å². The molecule has 0 aliphatic heterocycles. The second-order valence-corrected chi connectivity index (χ2v) is 20.8. The SMILES string of the molecule is C=C/C(=C\C=C/C)N(c1cc2c(c3ccccc13)-c1cc3c(cc1C2(C)C)-c1c(cc(N(c2ccccc2)c2cccc4c2oc2ccccc24)c2ccccc12)C3(C)C)c1cccc2c1oc1ccccc12. The topological polar surface area (TPSA) is 32.8 Å². The fraction of sp³-hybridized carbons (Fsp3) is 0.101. The third-order valence-corrected chi connectivity index (χ3v) is 16.1. The van der Waals surface area contributed by atoms with Crippen molar-refractivity contribution in [3.63, 3.8) is 0 Å². The van der Waals surface area contributed by atoms with Crippen LogP contribution < -0.4 is 9.80 Å². The van der Waals surface area contributed by atoms with Gasteiger partial charge in [-0.05, 0) is 135 Å². The molecule has 0 spiro atoms. The monoisotopic (exact) mass is 940 g/mol. The first-order valence-corrected chi connectivity index (χ1v) is 25.4. The Kier molecular flexibility index (Phi) is 9.31. The minimum atomic E-state index is -0.352. The smallest absolute Gasteiger partial charge is 0.159 e. The van der Waals surface area contributed by atoms with Gasteiger partial charge in [-0.3, -0.25) is 0 Å². The first-order valence-electron chi connectivity index (χ1n) is 25.4. The predicted octanol–water partition coefficient (Wildman–Crippen LogP) is 19.7. The van der Waals surface area contributed by atoms with Crippen molar-refractivity contribution in [2.45, 2.75) is 45.4 Å². The van der Waals surface area contributed by atoms with E-state index in [1.54, 1.807) is 0 Å². The summed E-state index contributed by atoms with van der Waals surface area (Å²) in [5, 5.41) is 9.20. The summed E-state index contributed by atoms with van der Waals surface area (Å²) < 4.78 is 13.5. The van der Waals surface area contributed by atoms with Crippen LogP contribution in [0.1, 0.15) is 56.9 Å². The van der Waals surface area contributed by atoms with E-state index in [0.717, 1.165) is 83.4 Å². The highest BCUT2D eigenvalue weighted by molar-refractivity contribution is 6.17. The van der Waals surface area contributed by atoms with Crippen LogP contribution in [0, 0.1) is 0 Å². The lowest BCUT2D eigenvalue weighted by Crippen LogP contribution is -2.19. The van der Waals surface area contributed by atoms with Gasteiger partial charge in [0.1, 0.15) is 11.2 Å². The molecule has 0 radical (unpaired) electrons. The van der Waals surface area contributed by atoms with Crippen molar-refractivity contribution >= 4 is 93.9 Å². The molecule has 0 atom stereocenters. The van der Waals surface area contributed by atoms with Crippen LogP contribution in [-0.4, -0.2) is 0 Å². The van der Waals surface area contributed by atoms with Gasteiger partial charge in [-0.25, -0.2) is 0 Å². The fourth-order valence-electron chi connectivity index (χ4n) is 12.6. The fourth-order valence-corrected chi connectivity index (χ4v) is 12.6. The van der Waals surface area contributed by atoms with E-state index in [4.69, 9.17) is 8.83 Å². The van der Waals surface area contributed by atoms with E-state index in [2.05, 4.69) is 245 Å². The molecule has 0 saturated heterocycles. The van der Waals surface area contributed by atoms with Crippen molar-refractivity contribution in [1.29, 1.82) is 0 Å². The van der Waals surface area contributed by atoms with Crippen LogP contribution >= 0.6 is 0 Å². The number of nitrogens with zero attached hydrogens (tertiary/aromatic N) is 2. The highest BCUT2D eigenvalue weighted by atomic mass is 16.3. The molecule has 0 unspecified atom stereocenters. The van der Waals surface area contributed by atoms with Crippen LogP contribution in [0.2, 0.25) is 0 Å². The summed E-state index contributed by atoms with van der Waals surface area (Å²) in [7, 11) is 0. The molecule has 0 saturated carbocycles. The van der Waals surface area contributed by atoms with Gasteiger partial charge in [0.05, 0.1) is 22.7 Å². The lowest BCUT2D eigenvalue weighted by molar-refractivity contribution is 0.652. The van der Waals surface area contributed by atoms with Crippen molar-refractivity contribution in [2.75, 3.05) is 9.80 Å². The normalized spacial score (nSPS) is 14.4. The first-order chi connectivity index (χ1) is 35.7. The van der Waals surface area contributed by atoms with Crippen molar-refractivity contribution in [3.8, 4) is 22.3 Å². The van der Waals surface area contributed by atoms with E-state index >= 15 is 0 Å². The first kappa shape index (κ1) is 43.0. The number of benzene rings is 10.